The fourth-order valence-electron chi connectivity index (χ4n) is 3.63. The fourth-order valence-corrected chi connectivity index (χ4v) is 4.00. The third kappa shape index (κ3) is 2.73. The molecule has 4 rings (SSSR count). The highest BCUT2D eigenvalue weighted by molar-refractivity contribution is 7.80. The van der Waals surface area contributed by atoms with Crippen LogP contribution in [0.2, 0.25) is 5.02 Å². The largest absolute Gasteiger partial charge is 0.497 e. The molecule has 0 bridgehead atoms. The second kappa shape index (κ2) is 6.24. The zero-order valence-corrected chi connectivity index (χ0v) is 15.3. The van der Waals surface area contributed by atoms with Crippen molar-refractivity contribution in [1.29, 1.82) is 0 Å². The summed E-state index contributed by atoms with van der Waals surface area (Å²) in [5.41, 5.74) is 10.6. The zero-order valence-electron chi connectivity index (χ0n) is 13.8. The van der Waals surface area contributed by atoms with E-state index >= 15 is 0 Å². The van der Waals surface area contributed by atoms with Crippen LogP contribution in [0.5, 0.6) is 5.75 Å². The van der Waals surface area contributed by atoms with Crippen molar-refractivity contribution in [3.63, 3.8) is 0 Å². The van der Waals surface area contributed by atoms with Gasteiger partial charge in [0.05, 0.1) is 13.2 Å². The van der Waals surface area contributed by atoms with Gasteiger partial charge in [-0.3, -0.25) is 0 Å². The second-order valence-electron chi connectivity index (χ2n) is 6.16. The van der Waals surface area contributed by atoms with Gasteiger partial charge < -0.3 is 20.4 Å². The Hall–Kier alpha value is -2.24. The first-order valence-corrected chi connectivity index (χ1v) is 8.87. The summed E-state index contributed by atoms with van der Waals surface area (Å²) in [5, 5.41) is 2.32. The van der Waals surface area contributed by atoms with E-state index in [9.17, 15) is 0 Å². The van der Waals surface area contributed by atoms with Gasteiger partial charge in [-0.25, -0.2) is 0 Å². The number of nitrogens with two attached hydrogens (primary N) is 1. The number of hydrogen-bond donors (Lipinski definition) is 2. The van der Waals surface area contributed by atoms with Crippen molar-refractivity contribution in [1.82, 2.24) is 9.88 Å². The van der Waals surface area contributed by atoms with Crippen LogP contribution < -0.4 is 10.5 Å². The molecule has 1 aliphatic rings. The van der Waals surface area contributed by atoms with Crippen LogP contribution in [-0.4, -0.2) is 28.7 Å². The van der Waals surface area contributed by atoms with Crippen LogP contribution >= 0.6 is 23.8 Å². The molecule has 0 aliphatic carbocycles. The van der Waals surface area contributed by atoms with Crippen LogP contribution in [0, 0.1) is 0 Å². The predicted octanol–water partition coefficient (Wildman–Crippen LogP) is 4.02. The normalized spacial score (nSPS) is 16.7. The first-order valence-electron chi connectivity index (χ1n) is 8.08. The van der Waals surface area contributed by atoms with Gasteiger partial charge in [0, 0.05) is 28.2 Å². The number of aromatic amines is 1. The van der Waals surface area contributed by atoms with E-state index in [4.69, 9.17) is 34.3 Å². The third-order valence-electron chi connectivity index (χ3n) is 4.80. The highest BCUT2D eigenvalue weighted by Crippen LogP contribution is 2.39. The van der Waals surface area contributed by atoms with Crippen LogP contribution in [0.4, 0.5) is 0 Å². The number of rotatable bonds is 2. The first kappa shape index (κ1) is 16.2. The van der Waals surface area contributed by atoms with Crippen LogP contribution in [-0.2, 0) is 6.42 Å². The van der Waals surface area contributed by atoms with Crippen molar-refractivity contribution >= 4 is 39.8 Å². The molecular formula is C19H18ClN3OS. The predicted molar refractivity (Wildman–Crippen MR) is 105 cm³/mol. The van der Waals surface area contributed by atoms with Gasteiger partial charge in [0.2, 0.25) is 0 Å². The van der Waals surface area contributed by atoms with E-state index in [0.717, 1.165) is 40.5 Å². The molecule has 1 aromatic heterocycles. The number of H-pyrrole nitrogens is 1. The van der Waals surface area contributed by atoms with Gasteiger partial charge in [0.15, 0.2) is 5.11 Å². The molecule has 0 amide bonds. The molecule has 0 saturated heterocycles. The third-order valence-corrected chi connectivity index (χ3v) is 5.27. The summed E-state index contributed by atoms with van der Waals surface area (Å²) < 4.78 is 5.27. The maximum atomic E-state index is 6.20. The molecule has 0 radical (unpaired) electrons. The number of benzene rings is 2. The second-order valence-corrected chi connectivity index (χ2v) is 7.02. The Kier molecular flexibility index (Phi) is 4.06. The van der Waals surface area contributed by atoms with Crippen molar-refractivity contribution < 1.29 is 4.74 Å². The topological polar surface area (TPSA) is 54.3 Å². The van der Waals surface area contributed by atoms with E-state index < -0.39 is 0 Å². The first-order chi connectivity index (χ1) is 12.1. The van der Waals surface area contributed by atoms with Crippen LogP contribution in [0.25, 0.3) is 10.9 Å². The zero-order chi connectivity index (χ0) is 17.6. The number of aromatic nitrogens is 1. The summed E-state index contributed by atoms with van der Waals surface area (Å²) >= 11 is 11.5. The lowest BCUT2D eigenvalue weighted by Gasteiger charge is -2.36. The molecule has 25 heavy (non-hydrogen) atoms. The standard InChI is InChI=1S/C19H18ClN3OS/c1-24-13-5-2-11(3-6-13)18-17-14(8-9-23(18)19(21)25)15-10-12(20)4-7-16(15)22-17/h2-7,10,18,22H,8-9H2,1H3,(H2,21,25). The summed E-state index contributed by atoms with van der Waals surface area (Å²) in [6, 6.07) is 13.9. The molecule has 1 atom stereocenters. The molecule has 6 heteroatoms. The van der Waals surface area contributed by atoms with Gasteiger partial charge in [-0.2, -0.15) is 0 Å². The molecule has 128 valence electrons. The molecule has 1 aliphatic heterocycles. The molecule has 2 aromatic carbocycles. The van der Waals surface area contributed by atoms with Gasteiger partial charge in [-0.1, -0.05) is 23.7 Å². The van der Waals surface area contributed by atoms with Gasteiger partial charge in [0.25, 0.3) is 0 Å². The number of methoxy groups -OCH3 is 1. The summed E-state index contributed by atoms with van der Waals surface area (Å²) in [5.74, 6) is 0.824. The fraction of sp³-hybridized carbons (Fsp3) is 0.211. The molecule has 2 heterocycles. The summed E-state index contributed by atoms with van der Waals surface area (Å²) in [6.07, 6.45) is 0.875. The van der Waals surface area contributed by atoms with Crippen LogP contribution in [0.15, 0.2) is 42.5 Å². The van der Waals surface area contributed by atoms with Crippen molar-refractivity contribution in [2.45, 2.75) is 12.5 Å². The molecule has 0 spiro atoms. The van der Waals surface area contributed by atoms with Gasteiger partial charge in [-0.05, 0) is 60.1 Å². The molecule has 0 fully saturated rings. The summed E-state index contributed by atoms with van der Waals surface area (Å²) in [7, 11) is 1.66. The molecule has 4 nitrogen and oxygen atoms in total. The lowest BCUT2D eigenvalue weighted by Crippen LogP contribution is -2.43. The van der Waals surface area contributed by atoms with Gasteiger partial charge in [-0.15, -0.1) is 0 Å². The quantitative estimate of drug-likeness (QED) is 0.668. The molecule has 3 N–H and O–H groups in total. The van der Waals surface area contributed by atoms with Gasteiger partial charge in [0.1, 0.15) is 5.75 Å². The average molecular weight is 372 g/mol. The summed E-state index contributed by atoms with van der Waals surface area (Å²) in [6.45, 7) is 0.776. The average Bonchev–Trinajstić information content (AvgIpc) is 2.98. The monoisotopic (exact) mass is 371 g/mol. The Balaban J connectivity index is 1.89. The Bertz CT molecular complexity index is 951. The highest BCUT2D eigenvalue weighted by Gasteiger charge is 2.32. The van der Waals surface area contributed by atoms with E-state index in [0.29, 0.717) is 5.11 Å². The maximum Gasteiger partial charge on any atom is 0.167 e. The molecule has 0 saturated carbocycles. The number of thiocarbonyl (C=S) groups is 1. The Morgan fingerprint density at radius 2 is 2.04 bits per heavy atom. The minimum Gasteiger partial charge on any atom is -0.497 e. The Labute approximate surface area is 156 Å². The molecule has 1 unspecified atom stereocenters. The smallest absolute Gasteiger partial charge is 0.167 e. The molecule has 3 aromatic rings. The highest BCUT2D eigenvalue weighted by atomic mass is 35.5. The number of nitrogens with one attached hydrogen (secondary N) is 1. The minimum atomic E-state index is -0.0432. The van der Waals surface area contributed by atoms with E-state index in [1.54, 1.807) is 7.11 Å². The number of hydrogen-bond acceptors (Lipinski definition) is 2. The Morgan fingerprint density at radius 3 is 2.72 bits per heavy atom. The number of halogens is 1. The Morgan fingerprint density at radius 1 is 1.28 bits per heavy atom. The van der Waals surface area contributed by atoms with Crippen LogP contribution in [0.1, 0.15) is 22.9 Å². The van der Waals surface area contributed by atoms with E-state index in [1.807, 2.05) is 30.3 Å². The lowest BCUT2D eigenvalue weighted by atomic mass is 9.92. The van der Waals surface area contributed by atoms with Crippen molar-refractivity contribution in [3.05, 3.63) is 64.3 Å². The SMILES string of the molecule is COc1ccc(C2c3[nH]c4ccc(Cl)cc4c3CCN2C(N)=S)cc1. The molecular weight excluding hydrogens is 354 g/mol. The minimum absolute atomic E-state index is 0.0432. The van der Waals surface area contributed by atoms with Crippen molar-refractivity contribution in [3.8, 4) is 5.75 Å². The van der Waals surface area contributed by atoms with Crippen molar-refractivity contribution in [2.24, 2.45) is 5.73 Å². The van der Waals surface area contributed by atoms with Crippen LogP contribution in [0.3, 0.4) is 0 Å². The van der Waals surface area contributed by atoms with E-state index in [2.05, 4.69) is 22.0 Å². The lowest BCUT2D eigenvalue weighted by molar-refractivity contribution is 0.336. The van der Waals surface area contributed by atoms with E-state index in [1.165, 1.54) is 10.9 Å². The maximum absolute atomic E-state index is 6.20. The number of nitrogens with zero attached hydrogens (tertiary/aromatic N) is 1. The van der Waals surface area contributed by atoms with E-state index in [-0.39, 0.29) is 6.04 Å². The van der Waals surface area contributed by atoms with Gasteiger partial charge >= 0.3 is 0 Å². The number of fused-ring (bicyclic) bond motifs is 3. The van der Waals surface area contributed by atoms with Crippen molar-refractivity contribution in [2.75, 3.05) is 13.7 Å². The summed E-state index contributed by atoms with van der Waals surface area (Å²) in [4.78, 5) is 5.62. The number of ether oxygens (including phenoxy) is 1.